The van der Waals surface area contributed by atoms with Crippen molar-refractivity contribution in [1.82, 2.24) is 4.90 Å². The summed E-state index contributed by atoms with van der Waals surface area (Å²) in [5, 5.41) is 0. The first-order chi connectivity index (χ1) is 8.27. The summed E-state index contributed by atoms with van der Waals surface area (Å²) in [7, 11) is 0. The second kappa shape index (κ2) is 8.29. The van der Waals surface area contributed by atoms with Gasteiger partial charge in [-0.3, -0.25) is 4.79 Å². The van der Waals surface area contributed by atoms with Crippen molar-refractivity contribution in [3.05, 3.63) is 12.2 Å². The normalized spacial score (nSPS) is 18.7. The number of piperidine rings is 1. The second-order valence-corrected chi connectivity index (χ2v) is 4.58. The van der Waals surface area contributed by atoms with Crippen LogP contribution in [0.25, 0.3) is 0 Å². The maximum absolute atomic E-state index is 11.6. The van der Waals surface area contributed by atoms with Crippen molar-refractivity contribution in [3.63, 3.8) is 0 Å². The van der Waals surface area contributed by atoms with E-state index in [4.69, 9.17) is 4.74 Å². The number of rotatable bonds is 6. The SMILES string of the molecule is CC=CCCCN1CCC(C(=O)OCC)CC1. The van der Waals surface area contributed by atoms with Crippen LogP contribution in [0.2, 0.25) is 0 Å². The molecule has 17 heavy (non-hydrogen) atoms. The van der Waals surface area contributed by atoms with Gasteiger partial charge in [0.05, 0.1) is 12.5 Å². The lowest BCUT2D eigenvalue weighted by atomic mass is 9.97. The number of ether oxygens (including phenoxy) is 1. The largest absolute Gasteiger partial charge is 0.466 e. The summed E-state index contributed by atoms with van der Waals surface area (Å²) in [6.07, 6.45) is 8.62. The molecule has 1 aliphatic heterocycles. The zero-order valence-electron chi connectivity index (χ0n) is 11.2. The zero-order chi connectivity index (χ0) is 12.5. The van der Waals surface area contributed by atoms with E-state index in [0.717, 1.165) is 38.9 Å². The van der Waals surface area contributed by atoms with Crippen LogP contribution in [-0.4, -0.2) is 37.1 Å². The highest BCUT2D eigenvalue weighted by Crippen LogP contribution is 2.18. The van der Waals surface area contributed by atoms with E-state index in [1.807, 2.05) is 6.92 Å². The van der Waals surface area contributed by atoms with Crippen molar-refractivity contribution in [2.24, 2.45) is 5.92 Å². The lowest BCUT2D eigenvalue weighted by Crippen LogP contribution is -2.37. The number of nitrogens with zero attached hydrogens (tertiary/aromatic N) is 1. The first-order valence-corrected chi connectivity index (χ1v) is 6.78. The molecule has 0 aromatic rings. The molecule has 0 bridgehead atoms. The number of allylic oxidation sites excluding steroid dienone is 2. The minimum absolute atomic E-state index is 0.000987. The van der Waals surface area contributed by atoms with Crippen LogP contribution < -0.4 is 0 Å². The molecule has 1 saturated heterocycles. The van der Waals surface area contributed by atoms with Crippen LogP contribution in [0.15, 0.2) is 12.2 Å². The summed E-state index contributed by atoms with van der Waals surface area (Å²) >= 11 is 0. The van der Waals surface area contributed by atoms with E-state index < -0.39 is 0 Å². The van der Waals surface area contributed by atoms with E-state index in [2.05, 4.69) is 24.0 Å². The monoisotopic (exact) mass is 239 g/mol. The molecule has 3 heteroatoms. The van der Waals surface area contributed by atoms with Gasteiger partial charge in [-0.05, 0) is 59.2 Å². The van der Waals surface area contributed by atoms with Crippen molar-refractivity contribution >= 4 is 5.97 Å². The molecule has 1 heterocycles. The number of esters is 1. The fourth-order valence-electron chi connectivity index (χ4n) is 2.25. The molecule has 1 rings (SSSR count). The molecule has 0 aromatic heterocycles. The van der Waals surface area contributed by atoms with E-state index in [-0.39, 0.29) is 11.9 Å². The Kier molecular flexibility index (Phi) is 6.94. The molecule has 98 valence electrons. The second-order valence-electron chi connectivity index (χ2n) is 4.58. The highest BCUT2D eigenvalue weighted by Gasteiger charge is 2.25. The zero-order valence-corrected chi connectivity index (χ0v) is 11.2. The van der Waals surface area contributed by atoms with Crippen LogP contribution >= 0.6 is 0 Å². The van der Waals surface area contributed by atoms with Crippen LogP contribution in [0.1, 0.15) is 39.5 Å². The van der Waals surface area contributed by atoms with Crippen molar-refractivity contribution < 1.29 is 9.53 Å². The molecule has 0 saturated carbocycles. The van der Waals surface area contributed by atoms with Gasteiger partial charge >= 0.3 is 5.97 Å². The summed E-state index contributed by atoms with van der Waals surface area (Å²) in [4.78, 5) is 14.0. The van der Waals surface area contributed by atoms with Crippen LogP contribution in [-0.2, 0) is 9.53 Å². The molecule has 0 atom stereocenters. The van der Waals surface area contributed by atoms with Crippen molar-refractivity contribution in [1.29, 1.82) is 0 Å². The van der Waals surface area contributed by atoms with Crippen molar-refractivity contribution in [2.45, 2.75) is 39.5 Å². The molecule has 0 amide bonds. The molecular formula is C14H25NO2. The predicted molar refractivity (Wildman–Crippen MR) is 69.8 cm³/mol. The van der Waals surface area contributed by atoms with Gasteiger partial charge in [0.25, 0.3) is 0 Å². The maximum Gasteiger partial charge on any atom is 0.309 e. The molecule has 0 spiro atoms. The molecule has 0 N–H and O–H groups in total. The smallest absolute Gasteiger partial charge is 0.309 e. The number of carbonyl (C=O) groups is 1. The molecular weight excluding hydrogens is 214 g/mol. The highest BCUT2D eigenvalue weighted by molar-refractivity contribution is 5.72. The Balaban J connectivity index is 2.15. The lowest BCUT2D eigenvalue weighted by Gasteiger charge is -2.30. The molecule has 0 aromatic carbocycles. The van der Waals surface area contributed by atoms with Gasteiger partial charge in [0.1, 0.15) is 0 Å². The summed E-state index contributed by atoms with van der Waals surface area (Å²) in [5.41, 5.74) is 0. The fraction of sp³-hybridized carbons (Fsp3) is 0.786. The third kappa shape index (κ3) is 5.35. The molecule has 1 aliphatic rings. The molecule has 0 aliphatic carbocycles. The molecule has 3 nitrogen and oxygen atoms in total. The Morgan fingerprint density at radius 1 is 1.41 bits per heavy atom. The van der Waals surface area contributed by atoms with Gasteiger partial charge in [-0.2, -0.15) is 0 Å². The van der Waals surface area contributed by atoms with E-state index in [1.54, 1.807) is 0 Å². The van der Waals surface area contributed by atoms with Gasteiger partial charge in [-0.1, -0.05) is 12.2 Å². The first-order valence-electron chi connectivity index (χ1n) is 6.78. The van der Waals surface area contributed by atoms with Crippen LogP contribution in [0, 0.1) is 5.92 Å². The van der Waals surface area contributed by atoms with Gasteiger partial charge in [0.2, 0.25) is 0 Å². The quantitative estimate of drug-likeness (QED) is 0.405. The standard InChI is InChI=1S/C14H25NO2/c1-3-5-6-7-10-15-11-8-13(9-12-15)14(16)17-4-2/h3,5,13H,4,6-12H2,1-2H3. The van der Waals surface area contributed by atoms with Crippen molar-refractivity contribution in [3.8, 4) is 0 Å². The Bertz CT molecular complexity index is 243. The maximum atomic E-state index is 11.6. The minimum atomic E-state index is 0.000987. The Labute approximate surface area is 105 Å². The topological polar surface area (TPSA) is 29.5 Å². The van der Waals surface area contributed by atoms with Crippen LogP contribution in [0.3, 0.4) is 0 Å². The van der Waals surface area contributed by atoms with Gasteiger partial charge in [-0.15, -0.1) is 0 Å². The highest BCUT2D eigenvalue weighted by atomic mass is 16.5. The van der Waals surface area contributed by atoms with E-state index in [1.165, 1.54) is 6.42 Å². The van der Waals surface area contributed by atoms with Crippen LogP contribution in [0.4, 0.5) is 0 Å². The van der Waals surface area contributed by atoms with Crippen molar-refractivity contribution in [2.75, 3.05) is 26.2 Å². The van der Waals surface area contributed by atoms with Gasteiger partial charge in [-0.25, -0.2) is 0 Å². The predicted octanol–water partition coefficient (Wildman–Crippen LogP) is 2.62. The molecule has 1 fully saturated rings. The van der Waals surface area contributed by atoms with E-state index in [0.29, 0.717) is 6.61 Å². The summed E-state index contributed by atoms with van der Waals surface area (Å²) < 4.78 is 5.06. The summed E-state index contributed by atoms with van der Waals surface area (Å²) in [6.45, 7) is 7.67. The van der Waals surface area contributed by atoms with E-state index >= 15 is 0 Å². The third-order valence-electron chi connectivity index (χ3n) is 3.29. The number of hydrogen-bond donors (Lipinski definition) is 0. The Hall–Kier alpha value is -0.830. The van der Waals surface area contributed by atoms with Gasteiger partial charge < -0.3 is 9.64 Å². The first kappa shape index (κ1) is 14.2. The number of carbonyl (C=O) groups excluding carboxylic acids is 1. The number of likely N-dealkylation sites (tertiary alicyclic amines) is 1. The Morgan fingerprint density at radius 3 is 2.71 bits per heavy atom. The average molecular weight is 239 g/mol. The van der Waals surface area contributed by atoms with Gasteiger partial charge in [0, 0.05) is 0 Å². The fourth-order valence-corrected chi connectivity index (χ4v) is 2.25. The number of hydrogen-bond acceptors (Lipinski definition) is 3. The third-order valence-corrected chi connectivity index (χ3v) is 3.29. The summed E-state index contributed by atoms with van der Waals surface area (Å²) in [5.74, 6) is 0.141. The molecule has 0 radical (unpaired) electrons. The average Bonchev–Trinajstić information content (AvgIpc) is 2.36. The Morgan fingerprint density at radius 2 is 2.12 bits per heavy atom. The van der Waals surface area contributed by atoms with E-state index in [9.17, 15) is 4.79 Å². The lowest BCUT2D eigenvalue weighted by molar-refractivity contribution is -0.149. The molecule has 0 unspecified atom stereocenters. The number of unbranched alkanes of at least 4 members (excludes halogenated alkanes) is 1. The van der Waals surface area contributed by atoms with Gasteiger partial charge in [0.15, 0.2) is 0 Å². The van der Waals surface area contributed by atoms with Crippen LogP contribution in [0.5, 0.6) is 0 Å². The minimum Gasteiger partial charge on any atom is -0.466 e. The summed E-state index contributed by atoms with van der Waals surface area (Å²) in [6, 6.07) is 0.